The number of fused-ring (bicyclic) bond motifs is 1. The number of nitrogens with one attached hydrogen (secondary N) is 1. The van der Waals surface area contributed by atoms with E-state index in [-0.39, 0.29) is 18.1 Å². The smallest absolute Gasteiger partial charge is 0.317 e. The van der Waals surface area contributed by atoms with E-state index in [1.54, 1.807) is 16.7 Å². The molecule has 1 atom stereocenters. The van der Waals surface area contributed by atoms with Crippen LogP contribution >= 0.6 is 11.8 Å². The molecule has 1 aliphatic heterocycles. The number of carbonyl (C=O) groups excluding carboxylic acids is 1. The number of likely N-dealkylation sites (N-methyl/N-ethyl adjacent to an activating group) is 1. The van der Waals surface area contributed by atoms with E-state index >= 15 is 0 Å². The lowest BCUT2D eigenvalue weighted by atomic mass is 10.1. The van der Waals surface area contributed by atoms with Crippen LogP contribution in [0.5, 0.6) is 0 Å². The number of thioether (sulfide) groups is 1. The first-order chi connectivity index (χ1) is 12.2. The molecule has 4 rings (SSSR count). The maximum atomic E-state index is 11.9. The Hall–Kier alpha value is -2.02. The fraction of sp³-hybridized carbons (Fsp3) is 0.500. The second kappa shape index (κ2) is 6.71. The van der Waals surface area contributed by atoms with Gasteiger partial charge in [0.2, 0.25) is 0 Å². The maximum absolute atomic E-state index is 11.9. The second-order valence-electron chi connectivity index (χ2n) is 6.79. The predicted molar refractivity (Wildman–Crippen MR) is 98.9 cm³/mol. The van der Waals surface area contributed by atoms with Gasteiger partial charge < -0.3 is 10.2 Å². The average Bonchev–Trinajstić information content (AvgIpc) is 3.29. The number of hydrogen-bond acceptors (Lipinski definition) is 4. The molecule has 2 amide bonds. The zero-order valence-corrected chi connectivity index (χ0v) is 15.4. The number of urea groups is 1. The third-order valence-electron chi connectivity index (χ3n) is 5.02. The molecule has 132 valence electrons. The molecule has 0 spiro atoms. The molecule has 1 aliphatic carbocycles. The fourth-order valence-corrected chi connectivity index (χ4v) is 4.09. The van der Waals surface area contributed by atoms with Gasteiger partial charge >= 0.3 is 6.03 Å². The number of rotatable bonds is 5. The number of aromatic nitrogens is 3. The molecular formula is C18H23N5OS. The van der Waals surface area contributed by atoms with Crippen LogP contribution in [0.15, 0.2) is 24.3 Å². The van der Waals surface area contributed by atoms with E-state index in [9.17, 15) is 4.79 Å². The van der Waals surface area contributed by atoms with Crippen LogP contribution in [-0.4, -0.2) is 51.3 Å². The number of benzene rings is 1. The Kier molecular flexibility index (Phi) is 4.41. The Labute approximate surface area is 152 Å². The van der Waals surface area contributed by atoms with E-state index in [1.165, 1.54) is 11.1 Å². The summed E-state index contributed by atoms with van der Waals surface area (Å²) in [4.78, 5) is 18.4. The molecule has 1 aromatic carbocycles. The molecule has 6 nitrogen and oxygen atoms in total. The highest BCUT2D eigenvalue weighted by atomic mass is 32.2. The van der Waals surface area contributed by atoms with Crippen molar-refractivity contribution in [3.63, 3.8) is 0 Å². The summed E-state index contributed by atoms with van der Waals surface area (Å²) >= 11 is 1.80. The third-order valence-corrected chi connectivity index (χ3v) is 5.63. The summed E-state index contributed by atoms with van der Waals surface area (Å²) in [6.07, 6.45) is 4.91. The summed E-state index contributed by atoms with van der Waals surface area (Å²) in [6.45, 7) is 0.638. The lowest BCUT2D eigenvalue weighted by Crippen LogP contribution is -2.25. The van der Waals surface area contributed by atoms with Gasteiger partial charge in [0.05, 0.1) is 6.04 Å². The van der Waals surface area contributed by atoms with Crippen molar-refractivity contribution in [1.82, 2.24) is 25.0 Å². The molecule has 1 saturated heterocycles. The van der Waals surface area contributed by atoms with Gasteiger partial charge in [0.25, 0.3) is 0 Å². The molecule has 1 fully saturated rings. The van der Waals surface area contributed by atoms with Gasteiger partial charge in [-0.25, -0.2) is 14.5 Å². The maximum Gasteiger partial charge on any atom is 0.317 e. The number of hydrogen-bond donors (Lipinski definition) is 1. The highest BCUT2D eigenvalue weighted by Gasteiger charge is 2.34. The van der Waals surface area contributed by atoms with Crippen molar-refractivity contribution in [1.29, 1.82) is 0 Å². The van der Waals surface area contributed by atoms with Crippen molar-refractivity contribution < 1.29 is 4.79 Å². The first-order valence-corrected chi connectivity index (χ1v) is 10.1. The normalized spacial score (nSPS) is 20.2. The Bertz CT molecular complexity index is 765. The van der Waals surface area contributed by atoms with E-state index in [1.807, 2.05) is 7.05 Å². The Morgan fingerprint density at radius 2 is 2.00 bits per heavy atom. The standard InChI is InChI=1S/C18H23N5OS/c1-22-11-15(19-18(22)24)17-20-16(7-8-25-2)21-23(17)14-9-12-5-3-4-6-13(12)10-14/h3-6,14-15H,7-11H2,1-2H3,(H,19,24). The molecule has 0 radical (unpaired) electrons. The minimum Gasteiger partial charge on any atom is -0.326 e. The summed E-state index contributed by atoms with van der Waals surface area (Å²) in [5, 5.41) is 7.86. The minimum atomic E-state index is -0.0864. The first-order valence-electron chi connectivity index (χ1n) is 8.68. The van der Waals surface area contributed by atoms with Crippen LogP contribution in [-0.2, 0) is 19.3 Å². The van der Waals surface area contributed by atoms with Gasteiger partial charge in [-0.15, -0.1) is 0 Å². The minimum absolute atomic E-state index is 0.0417. The van der Waals surface area contributed by atoms with E-state index in [2.05, 4.69) is 40.5 Å². The van der Waals surface area contributed by atoms with Gasteiger partial charge in [0.1, 0.15) is 6.04 Å². The summed E-state index contributed by atoms with van der Waals surface area (Å²) < 4.78 is 2.08. The number of nitrogens with zero attached hydrogens (tertiary/aromatic N) is 4. The van der Waals surface area contributed by atoms with Crippen LogP contribution in [0.3, 0.4) is 0 Å². The summed E-state index contributed by atoms with van der Waals surface area (Å²) in [7, 11) is 1.82. The lowest BCUT2D eigenvalue weighted by Gasteiger charge is -2.16. The predicted octanol–water partition coefficient (Wildman–Crippen LogP) is 2.22. The molecule has 0 bridgehead atoms. The van der Waals surface area contributed by atoms with Crippen molar-refractivity contribution in [2.75, 3.05) is 25.6 Å². The monoisotopic (exact) mass is 357 g/mol. The van der Waals surface area contributed by atoms with E-state index in [0.717, 1.165) is 36.7 Å². The van der Waals surface area contributed by atoms with Gasteiger partial charge in [-0.1, -0.05) is 24.3 Å². The average molecular weight is 357 g/mol. The molecule has 1 unspecified atom stereocenters. The van der Waals surface area contributed by atoms with Crippen LogP contribution < -0.4 is 5.32 Å². The van der Waals surface area contributed by atoms with Crippen molar-refractivity contribution in [3.05, 3.63) is 47.0 Å². The number of carbonyl (C=O) groups is 1. The lowest BCUT2D eigenvalue weighted by molar-refractivity contribution is 0.226. The molecule has 2 heterocycles. The molecule has 0 saturated carbocycles. The van der Waals surface area contributed by atoms with Gasteiger partial charge in [0, 0.05) is 25.8 Å². The number of aryl methyl sites for hydroxylation is 1. The highest BCUT2D eigenvalue weighted by molar-refractivity contribution is 7.98. The molecule has 2 aromatic rings. The van der Waals surface area contributed by atoms with Crippen LogP contribution in [0.1, 0.15) is 34.9 Å². The number of amides is 2. The third kappa shape index (κ3) is 3.13. The van der Waals surface area contributed by atoms with Gasteiger partial charge in [-0.05, 0) is 30.2 Å². The van der Waals surface area contributed by atoms with Crippen LogP contribution in [0.2, 0.25) is 0 Å². The van der Waals surface area contributed by atoms with Crippen molar-refractivity contribution in [3.8, 4) is 0 Å². The quantitative estimate of drug-likeness (QED) is 0.891. The fourth-order valence-electron chi connectivity index (χ4n) is 3.70. The Morgan fingerprint density at radius 1 is 1.28 bits per heavy atom. The topological polar surface area (TPSA) is 63.1 Å². The zero-order chi connectivity index (χ0) is 17.4. The molecule has 2 aliphatic rings. The Balaban J connectivity index is 1.64. The summed E-state index contributed by atoms with van der Waals surface area (Å²) in [6, 6.07) is 8.75. The van der Waals surface area contributed by atoms with Crippen molar-refractivity contribution in [2.24, 2.45) is 0 Å². The van der Waals surface area contributed by atoms with E-state index in [4.69, 9.17) is 10.1 Å². The largest absolute Gasteiger partial charge is 0.326 e. The Morgan fingerprint density at radius 3 is 2.60 bits per heavy atom. The molecular weight excluding hydrogens is 334 g/mol. The van der Waals surface area contributed by atoms with Crippen LogP contribution in [0.25, 0.3) is 0 Å². The van der Waals surface area contributed by atoms with Gasteiger partial charge in [-0.3, -0.25) is 0 Å². The van der Waals surface area contributed by atoms with Gasteiger partial charge in [0.15, 0.2) is 11.6 Å². The molecule has 1 N–H and O–H groups in total. The summed E-state index contributed by atoms with van der Waals surface area (Å²) in [5.74, 6) is 2.78. The first kappa shape index (κ1) is 16.4. The van der Waals surface area contributed by atoms with Crippen LogP contribution in [0, 0.1) is 0 Å². The highest BCUT2D eigenvalue weighted by Crippen LogP contribution is 2.32. The van der Waals surface area contributed by atoms with Crippen molar-refractivity contribution >= 4 is 17.8 Å². The molecule has 7 heteroatoms. The van der Waals surface area contributed by atoms with Crippen LogP contribution in [0.4, 0.5) is 4.79 Å². The molecule has 25 heavy (non-hydrogen) atoms. The second-order valence-corrected chi connectivity index (χ2v) is 7.77. The SMILES string of the molecule is CSCCc1nc(C2CN(C)C(=O)N2)n(C2Cc3ccccc3C2)n1. The molecule has 1 aromatic heterocycles. The van der Waals surface area contributed by atoms with E-state index < -0.39 is 0 Å². The van der Waals surface area contributed by atoms with Gasteiger partial charge in [-0.2, -0.15) is 16.9 Å². The summed E-state index contributed by atoms with van der Waals surface area (Å²) in [5.41, 5.74) is 2.79. The van der Waals surface area contributed by atoms with Crippen molar-refractivity contribution in [2.45, 2.75) is 31.3 Å². The zero-order valence-electron chi connectivity index (χ0n) is 14.6. The van der Waals surface area contributed by atoms with E-state index in [0.29, 0.717) is 6.54 Å².